The molecule has 29 heavy (non-hydrogen) atoms. The first kappa shape index (κ1) is 20.6. The van der Waals surface area contributed by atoms with Gasteiger partial charge in [0.05, 0.1) is 19.5 Å². The largest absolute Gasteiger partial charge is 0.465 e. The summed E-state index contributed by atoms with van der Waals surface area (Å²) < 4.78 is 9.09. The van der Waals surface area contributed by atoms with Gasteiger partial charge in [-0.2, -0.15) is 0 Å². The second-order valence-electron chi connectivity index (χ2n) is 7.34. The number of aromatic nitrogens is 4. The van der Waals surface area contributed by atoms with Crippen LogP contribution in [0.1, 0.15) is 32.8 Å². The van der Waals surface area contributed by atoms with Crippen LogP contribution in [0.3, 0.4) is 0 Å². The highest BCUT2D eigenvalue weighted by molar-refractivity contribution is 5.72. The fourth-order valence-electron chi connectivity index (χ4n) is 3.19. The Kier molecular flexibility index (Phi) is 6.31. The van der Waals surface area contributed by atoms with Crippen molar-refractivity contribution in [1.82, 2.24) is 18.7 Å². The molecule has 2 aromatic heterocycles. The topological polar surface area (TPSA) is 88.1 Å². The molecule has 1 aromatic carbocycles. The molecule has 8 heteroatoms. The van der Waals surface area contributed by atoms with Gasteiger partial charge in [0.15, 0.2) is 11.2 Å². The first-order valence-electron chi connectivity index (χ1n) is 9.80. The third kappa shape index (κ3) is 4.47. The monoisotopic (exact) mass is 398 g/mol. The molecule has 8 nitrogen and oxygen atoms in total. The molecule has 0 atom stereocenters. The molecule has 0 fully saturated rings. The van der Waals surface area contributed by atoms with Crippen molar-refractivity contribution in [2.45, 2.75) is 46.8 Å². The summed E-state index contributed by atoms with van der Waals surface area (Å²) >= 11 is 0. The minimum Gasteiger partial charge on any atom is -0.465 e. The Labute approximate surface area is 168 Å². The second kappa shape index (κ2) is 8.89. The fourth-order valence-corrected chi connectivity index (χ4v) is 3.19. The summed E-state index contributed by atoms with van der Waals surface area (Å²) in [4.78, 5) is 42.6. The van der Waals surface area contributed by atoms with E-state index in [1.54, 1.807) is 17.8 Å². The number of ether oxygens (including phenoxy) is 1. The van der Waals surface area contributed by atoms with E-state index in [0.717, 1.165) is 16.6 Å². The van der Waals surface area contributed by atoms with Gasteiger partial charge in [0.1, 0.15) is 6.54 Å². The molecule has 2 heterocycles. The van der Waals surface area contributed by atoms with Crippen LogP contribution in [0.4, 0.5) is 0 Å². The zero-order valence-corrected chi connectivity index (χ0v) is 17.0. The van der Waals surface area contributed by atoms with E-state index in [4.69, 9.17) is 4.74 Å². The van der Waals surface area contributed by atoms with Crippen molar-refractivity contribution < 1.29 is 9.53 Å². The summed E-state index contributed by atoms with van der Waals surface area (Å²) in [6.45, 7) is 6.49. The van der Waals surface area contributed by atoms with Gasteiger partial charge >= 0.3 is 11.7 Å². The van der Waals surface area contributed by atoms with Crippen LogP contribution in [0.15, 0.2) is 46.2 Å². The zero-order valence-electron chi connectivity index (χ0n) is 17.0. The summed E-state index contributed by atoms with van der Waals surface area (Å²) in [6.07, 6.45) is 2.45. The molecule has 0 amide bonds. The van der Waals surface area contributed by atoms with Gasteiger partial charge in [-0.15, -0.1) is 0 Å². The van der Waals surface area contributed by atoms with Crippen molar-refractivity contribution in [3.05, 3.63) is 63.1 Å². The van der Waals surface area contributed by atoms with Gasteiger partial charge in [0.2, 0.25) is 0 Å². The zero-order chi connectivity index (χ0) is 21.0. The molecule has 0 saturated carbocycles. The first-order valence-corrected chi connectivity index (χ1v) is 9.80. The number of rotatable bonds is 8. The highest BCUT2D eigenvalue weighted by Gasteiger charge is 2.20. The Morgan fingerprint density at radius 1 is 1.14 bits per heavy atom. The van der Waals surface area contributed by atoms with E-state index in [1.165, 1.54) is 4.57 Å². The van der Waals surface area contributed by atoms with Gasteiger partial charge in [-0.3, -0.25) is 14.2 Å². The van der Waals surface area contributed by atoms with E-state index in [2.05, 4.69) is 18.8 Å². The summed E-state index contributed by atoms with van der Waals surface area (Å²) in [6, 6.07) is 9.45. The quantitative estimate of drug-likeness (QED) is 0.542. The average Bonchev–Trinajstić information content (AvgIpc) is 3.12. The van der Waals surface area contributed by atoms with E-state index in [9.17, 15) is 14.4 Å². The van der Waals surface area contributed by atoms with Crippen LogP contribution < -0.4 is 11.2 Å². The number of hydrogen-bond acceptors (Lipinski definition) is 5. The highest BCUT2D eigenvalue weighted by atomic mass is 16.5. The van der Waals surface area contributed by atoms with Crippen LogP contribution in [-0.2, 0) is 29.2 Å². The molecule has 154 valence electrons. The third-order valence-corrected chi connectivity index (χ3v) is 4.71. The van der Waals surface area contributed by atoms with Gasteiger partial charge in [0, 0.05) is 6.54 Å². The second-order valence-corrected chi connectivity index (χ2v) is 7.34. The lowest BCUT2D eigenvalue weighted by atomic mass is 10.1. The van der Waals surface area contributed by atoms with Crippen molar-refractivity contribution in [3.63, 3.8) is 0 Å². The third-order valence-electron chi connectivity index (χ3n) is 4.71. The Hall–Kier alpha value is -3.16. The van der Waals surface area contributed by atoms with Gasteiger partial charge < -0.3 is 9.30 Å². The summed E-state index contributed by atoms with van der Waals surface area (Å²) in [7, 11) is 0. The van der Waals surface area contributed by atoms with Crippen molar-refractivity contribution in [2.75, 3.05) is 6.61 Å². The lowest BCUT2D eigenvalue weighted by Crippen LogP contribution is -2.42. The smallest absolute Gasteiger partial charge is 0.333 e. The van der Waals surface area contributed by atoms with Gasteiger partial charge in [-0.25, -0.2) is 14.3 Å². The SMILES string of the molecule is CCOC(=O)Cn1c(=O)c2c(ncn2CCC(C)C)n(Cc2ccccc2)c1=O. The molecule has 0 bridgehead atoms. The Morgan fingerprint density at radius 3 is 2.52 bits per heavy atom. The number of benzene rings is 1. The molecule has 0 spiro atoms. The number of carbonyl (C=O) groups excluding carboxylic acids is 1. The van der Waals surface area contributed by atoms with E-state index in [1.807, 2.05) is 30.3 Å². The summed E-state index contributed by atoms with van der Waals surface area (Å²) in [5.74, 6) is -0.171. The van der Waals surface area contributed by atoms with E-state index in [0.29, 0.717) is 23.6 Å². The Bertz CT molecular complexity index is 1110. The fraction of sp³-hybridized carbons (Fsp3) is 0.429. The summed E-state index contributed by atoms with van der Waals surface area (Å²) in [5, 5.41) is 0. The van der Waals surface area contributed by atoms with Gasteiger partial charge in [0.25, 0.3) is 5.56 Å². The number of carbonyl (C=O) groups is 1. The van der Waals surface area contributed by atoms with E-state index >= 15 is 0 Å². The molecule has 3 aromatic rings. The predicted molar refractivity (Wildman–Crippen MR) is 110 cm³/mol. The van der Waals surface area contributed by atoms with Crippen molar-refractivity contribution in [2.24, 2.45) is 5.92 Å². The maximum atomic E-state index is 13.1. The normalized spacial score (nSPS) is 11.3. The number of aryl methyl sites for hydroxylation is 1. The Morgan fingerprint density at radius 2 is 1.86 bits per heavy atom. The van der Waals surface area contributed by atoms with Crippen molar-refractivity contribution >= 4 is 17.1 Å². The van der Waals surface area contributed by atoms with Crippen LogP contribution in [0.2, 0.25) is 0 Å². The van der Waals surface area contributed by atoms with Crippen molar-refractivity contribution in [1.29, 1.82) is 0 Å². The first-order chi connectivity index (χ1) is 13.9. The van der Waals surface area contributed by atoms with Crippen LogP contribution >= 0.6 is 0 Å². The minimum absolute atomic E-state index is 0.181. The lowest BCUT2D eigenvalue weighted by molar-refractivity contribution is -0.143. The Balaban J connectivity index is 2.17. The van der Waals surface area contributed by atoms with Crippen LogP contribution in [0.25, 0.3) is 11.2 Å². The number of esters is 1. The molecule has 0 unspecified atom stereocenters. The predicted octanol–water partition coefficient (Wildman–Crippen LogP) is 2.02. The number of fused-ring (bicyclic) bond motifs is 1. The molecular weight excluding hydrogens is 372 g/mol. The molecule has 0 N–H and O–H groups in total. The number of hydrogen-bond donors (Lipinski definition) is 0. The highest BCUT2D eigenvalue weighted by Crippen LogP contribution is 2.12. The average molecular weight is 398 g/mol. The van der Waals surface area contributed by atoms with Crippen molar-refractivity contribution in [3.8, 4) is 0 Å². The molecular formula is C21H26N4O4. The van der Waals surface area contributed by atoms with Crippen LogP contribution in [0.5, 0.6) is 0 Å². The number of imidazole rings is 1. The van der Waals surface area contributed by atoms with Crippen LogP contribution in [0, 0.1) is 5.92 Å². The molecule has 0 radical (unpaired) electrons. The van der Waals surface area contributed by atoms with Gasteiger partial charge in [-0.05, 0) is 24.8 Å². The maximum absolute atomic E-state index is 13.1. The lowest BCUT2D eigenvalue weighted by Gasteiger charge is -2.13. The molecule has 0 saturated heterocycles. The molecule has 0 aliphatic carbocycles. The van der Waals surface area contributed by atoms with Gasteiger partial charge in [-0.1, -0.05) is 44.2 Å². The van der Waals surface area contributed by atoms with E-state index in [-0.39, 0.29) is 13.2 Å². The molecule has 3 rings (SSSR count). The maximum Gasteiger partial charge on any atom is 0.333 e. The van der Waals surface area contributed by atoms with Crippen LogP contribution in [-0.4, -0.2) is 31.3 Å². The summed E-state index contributed by atoms with van der Waals surface area (Å²) in [5.41, 5.74) is 0.448. The number of nitrogens with zero attached hydrogens (tertiary/aromatic N) is 4. The molecule has 0 aliphatic rings. The standard InChI is InChI=1S/C21H26N4O4/c1-4-29-17(26)13-25-20(27)18-19(22-14-23(18)11-10-15(2)3)24(21(25)28)12-16-8-6-5-7-9-16/h5-9,14-15H,4,10-13H2,1-3H3. The minimum atomic E-state index is -0.620. The molecule has 0 aliphatic heterocycles. The van der Waals surface area contributed by atoms with E-state index < -0.39 is 23.8 Å².